The second-order valence-corrected chi connectivity index (χ2v) is 5.97. The fraction of sp³-hybridized carbons (Fsp3) is 0.381. The molecule has 27 heavy (non-hydrogen) atoms. The number of nitrogens with zero attached hydrogens (tertiary/aromatic N) is 1. The van der Waals surface area contributed by atoms with E-state index in [9.17, 15) is 0 Å². The summed E-state index contributed by atoms with van der Waals surface area (Å²) in [5, 5.41) is 6.68. The van der Waals surface area contributed by atoms with Crippen LogP contribution in [0.5, 0.6) is 5.75 Å². The van der Waals surface area contributed by atoms with E-state index in [2.05, 4.69) is 58.9 Å². The number of methoxy groups -OCH3 is 2. The third-order valence-corrected chi connectivity index (χ3v) is 3.96. The van der Waals surface area contributed by atoms with Crippen molar-refractivity contribution in [1.29, 1.82) is 0 Å². The van der Waals surface area contributed by atoms with Gasteiger partial charge in [0.05, 0.1) is 20.3 Å². The number of aliphatic imine (C=N–C) groups is 1. The molecule has 0 aliphatic heterocycles. The van der Waals surface area contributed by atoms with Crippen molar-refractivity contribution in [2.24, 2.45) is 4.99 Å². The molecule has 2 aromatic rings. The number of halogens is 1. The lowest BCUT2D eigenvalue weighted by Gasteiger charge is -2.11. The van der Waals surface area contributed by atoms with Gasteiger partial charge in [0, 0.05) is 20.2 Å². The van der Waals surface area contributed by atoms with Gasteiger partial charge < -0.3 is 20.1 Å². The van der Waals surface area contributed by atoms with Gasteiger partial charge in [0.1, 0.15) is 5.75 Å². The number of nitrogens with one attached hydrogen (secondary N) is 2. The molecule has 0 unspecified atom stereocenters. The Labute approximate surface area is 179 Å². The van der Waals surface area contributed by atoms with Gasteiger partial charge in [-0.3, -0.25) is 0 Å². The zero-order chi connectivity index (χ0) is 18.6. The van der Waals surface area contributed by atoms with E-state index in [4.69, 9.17) is 9.47 Å². The summed E-state index contributed by atoms with van der Waals surface area (Å²) in [7, 11) is 3.39. The van der Waals surface area contributed by atoms with E-state index in [0.29, 0.717) is 13.2 Å². The van der Waals surface area contributed by atoms with Gasteiger partial charge in [-0.25, -0.2) is 4.99 Å². The summed E-state index contributed by atoms with van der Waals surface area (Å²) in [6, 6.07) is 16.5. The number of benzene rings is 2. The van der Waals surface area contributed by atoms with Crippen LogP contribution >= 0.6 is 24.0 Å². The molecule has 6 heteroatoms. The second kappa shape index (κ2) is 13.4. The fourth-order valence-corrected chi connectivity index (χ4v) is 2.54. The zero-order valence-corrected chi connectivity index (χ0v) is 18.7. The average Bonchev–Trinajstić information content (AvgIpc) is 2.68. The molecule has 0 aliphatic carbocycles. The highest BCUT2D eigenvalue weighted by atomic mass is 127. The van der Waals surface area contributed by atoms with E-state index < -0.39 is 0 Å². The molecule has 5 nitrogen and oxygen atoms in total. The maximum Gasteiger partial charge on any atom is 0.191 e. The highest BCUT2D eigenvalue weighted by Crippen LogP contribution is 2.11. The van der Waals surface area contributed by atoms with E-state index >= 15 is 0 Å². The largest absolute Gasteiger partial charge is 0.497 e. The third kappa shape index (κ3) is 8.62. The Morgan fingerprint density at radius 3 is 2.11 bits per heavy atom. The van der Waals surface area contributed by atoms with Crippen molar-refractivity contribution in [3.63, 3.8) is 0 Å². The Bertz CT molecular complexity index is 673. The standard InChI is InChI=1S/C21H29N3O2.HI/c1-4-22-21(23-14-13-17-9-11-20(26-3)12-10-17)24-15-18-5-7-19(8-6-18)16-25-2;/h5-12H,4,13-16H2,1-3H3,(H2,22,23,24);1H. The monoisotopic (exact) mass is 483 g/mol. The molecule has 0 bridgehead atoms. The van der Waals surface area contributed by atoms with Crippen LogP contribution in [0.1, 0.15) is 23.6 Å². The molecule has 0 heterocycles. The summed E-state index contributed by atoms with van der Waals surface area (Å²) in [6.07, 6.45) is 0.931. The first-order valence-corrected chi connectivity index (χ1v) is 8.97. The number of hydrogen-bond acceptors (Lipinski definition) is 3. The van der Waals surface area contributed by atoms with Crippen molar-refractivity contribution in [3.05, 3.63) is 65.2 Å². The van der Waals surface area contributed by atoms with Crippen LogP contribution in [0, 0.1) is 0 Å². The van der Waals surface area contributed by atoms with Crippen LogP contribution in [0.15, 0.2) is 53.5 Å². The zero-order valence-electron chi connectivity index (χ0n) is 16.3. The number of hydrogen-bond donors (Lipinski definition) is 2. The van der Waals surface area contributed by atoms with E-state index in [0.717, 1.165) is 31.2 Å². The number of guanidine groups is 1. The van der Waals surface area contributed by atoms with Gasteiger partial charge in [-0.1, -0.05) is 36.4 Å². The van der Waals surface area contributed by atoms with Gasteiger partial charge in [0.15, 0.2) is 5.96 Å². The summed E-state index contributed by atoms with van der Waals surface area (Å²) in [6.45, 7) is 5.01. The molecule has 0 atom stereocenters. The molecule has 0 aromatic heterocycles. The maximum absolute atomic E-state index is 5.19. The Morgan fingerprint density at radius 2 is 1.52 bits per heavy atom. The molecule has 2 N–H and O–H groups in total. The molecule has 2 aromatic carbocycles. The Hall–Kier alpha value is -1.80. The molecule has 0 aliphatic rings. The minimum atomic E-state index is 0. The predicted molar refractivity (Wildman–Crippen MR) is 122 cm³/mol. The van der Waals surface area contributed by atoms with Crippen LogP contribution in [0.2, 0.25) is 0 Å². The first kappa shape index (κ1) is 23.2. The minimum Gasteiger partial charge on any atom is -0.497 e. The van der Waals surface area contributed by atoms with Crippen LogP contribution in [-0.2, 0) is 24.3 Å². The third-order valence-electron chi connectivity index (χ3n) is 3.96. The van der Waals surface area contributed by atoms with E-state index in [1.807, 2.05) is 12.1 Å². The smallest absolute Gasteiger partial charge is 0.191 e. The lowest BCUT2D eigenvalue weighted by molar-refractivity contribution is 0.185. The van der Waals surface area contributed by atoms with Crippen molar-refractivity contribution in [2.75, 3.05) is 27.3 Å². The molecule has 0 amide bonds. The molecular formula is C21H30IN3O2. The normalized spacial score (nSPS) is 10.9. The summed E-state index contributed by atoms with van der Waals surface area (Å²) in [4.78, 5) is 4.66. The van der Waals surface area contributed by atoms with Gasteiger partial charge >= 0.3 is 0 Å². The van der Waals surface area contributed by atoms with Crippen molar-refractivity contribution >= 4 is 29.9 Å². The van der Waals surface area contributed by atoms with Crippen LogP contribution in [0.3, 0.4) is 0 Å². The highest BCUT2D eigenvalue weighted by Gasteiger charge is 2.00. The lowest BCUT2D eigenvalue weighted by atomic mass is 10.1. The van der Waals surface area contributed by atoms with Crippen LogP contribution < -0.4 is 15.4 Å². The summed E-state index contributed by atoms with van der Waals surface area (Å²) in [5.74, 6) is 1.72. The maximum atomic E-state index is 5.19. The first-order valence-electron chi connectivity index (χ1n) is 8.97. The Morgan fingerprint density at radius 1 is 0.889 bits per heavy atom. The van der Waals surface area contributed by atoms with Crippen LogP contribution in [0.4, 0.5) is 0 Å². The molecular weight excluding hydrogens is 453 g/mol. The summed E-state index contributed by atoms with van der Waals surface area (Å²) < 4.78 is 10.3. The SMILES string of the molecule is CCNC(=NCc1ccc(COC)cc1)NCCc1ccc(OC)cc1.I. The molecule has 0 radical (unpaired) electrons. The van der Waals surface area contributed by atoms with Crippen molar-refractivity contribution in [1.82, 2.24) is 10.6 Å². The predicted octanol–water partition coefficient (Wildman–Crippen LogP) is 3.76. The molecule has 0 spiro atoms. The van der Waals surface area contributed by atoms with Crippen molar-refractivity contribution in [2.45, 2.75) is 26.5 Å². The quantitative estimate of drug-likeness (QED) is 0.324. The Kier molecular flexibility index (Phi) is 11.5. The first-order chi connectivity index (χ1) is 12.7. The van der Waals surface area contributed by atoms with Gasteiger partial charge in [0.25, 0.3) is 0 Å². The molecule has 2 rings (SSSR count). The molecule has 0 fully saturated rings. The van der Waals surface area contributed by atoms with Crippen molar-refractivity contribution in [3.8, 4) is 5.75 Å². The topological polar surface area (TPSA) is 54.9 Å². The van der Waals surface area contributed by atoms with Crippen LogP contribution in [-0.4, -0.2) is 33.3 Å². The number of rotatable bonds is 9. The van der Waals surface area contributed by atoms with Crippen LogP contribution in [0.25, 0.3) is 0 Å². The van der Waals surface area contributed by atoms with E-state index in [-0.39, 0.29) is 24.0 Å². The molecule has 148 valence electrons. The number of ether oxygens (including phenoxy) is 2. The van der Waals surface area contributed by atoms with Gasteiger partial charge in [-0.05, 0) is 42.2 Å². The summed E-state index contributed by atoms with van der Waals surface area (Å²) in [5.41, 5.74) is 3.62. The van der Waals surface area contributed by atoms with E-state index in [1.54, 1.807) is 14.2 Å². The lowest BCUT2D eigenvalue weighted by Crippen LogP contribution is -2.38. The summed E-state index contributed by atoms with van der Waals surface area (Å²) >= 11 is 0. The fourth-order valence-electron chi connectivity index (χ4n) is 2.54. The highest BCUT2D eigenvalue weighted by molar-refractivity contribution is 14.0. The van der Waals surface area contributed by atoms with Gasteiger partial charge in [0.2, 0.25) is 0 Å². The van der Waals surface area contributed by atoms with Gasteiger partial charge in [-0.2, -0.15) is 0 Å². The van der Waals surface area contributed by atoms with E-state index in [1.165, 1.54) is 16.7 Å². The van der Waals surface area contributed by atoms with Crippen molar-refractivity contribution < 1.29 is 9.47 Å². The minimum absolute atomic E-state index is 0. The second-order valence-electron chi connectivity index (χ2n) is 5.97. The molecule has 0 saturated heterocycles. The Balaban J connectivity index is 0.00000364. The van der Waals surface area contributed by atoms with Gasteiger partial charge in [-0.15, -0.1) is 24.0 Å². The average molecular weight is 483 g/mol. The molecule has 0 saturated carbocycles.